The molecule has 0 saturated carbocycles. The number of rotatable bonds is 8. The smallest absolute Gasteiger partial charge is 0.320 e. The van der Waals surface area contributed by atoms with E-state index in [2.05, 4.69) is 22.2 Å². The van der Waals surface area contributed by atoms with Gasteiger partial charge in [-0.05, 0) is 25.7 Å². The average molecular weight is 336 g/mol. The highest BCUT2D eigenvalue weighted by molar-refractivity contribution is 5.74. The van der Waals surface area contributed by atoms with Gasteiger partial charge in [0.2, 0.25) is 5.91 Å². The van der Waals surface area contributed by atoms with Crippen molar-refractivity contribution in [1.29, 1.82) is 0 Å². The van der Waals surface area contributed by atoms with Crippen LogP contribution in [-0.4, -0.2) is 57.0 Å². The first kappa shape index (κ1) is 18.4. The van der Waals surface area contributed by atoms with Crippen molar-refractivity contribution in [3.8, 4) is 0 Å². The number of carbonyl (C=O) groups excluding carboxylic acids is 1. The van der Waals surface area contributed by atoms with Crippen LogP contribution in [0.2, 0.25) is 0 Å². The number of aliphatic carboxylic acids is 1. The van der Waals surface area contributed by atoms with E-state index in [1.807, 2.05) is 11.8 Å². The Labute approximate surface area is 142 Å². The van der Waals surface area contributed by atoms with Crippen molar-refractivity contribution in [3.63, 3.8) is 0 Å². The van der Waals surface area contributed by atoms with Crippen LogP contribution in [0.15, 0.2) is 12.4 Å². The van der Waals surface area contributed by atoms with Gasteiger partial charge in [-0.3, -0.25) is 14.5 Å². The molecule has 2 heterocycles. The van der Waals surface area contributed by atoms with Crippen molar-refractivity contribution < 1.29 is 14.7 Å². The Morgan fingerprint density at radius 1 is 1.54 bits per heavy atom. The topological polar surface area (TPSA) is 98.3 Å². The van der Waals surface area contributed by atoms with E-state index in [0.717, 1.165) is 18.7 Å². The zero-order valence-corrected chi connectivity index (χ0v) is 14.7. The molecule has 0 bridgehead atoms. The number of carboxylic acids is 1. The summed E-state index contributed by atoms with van der Waals surface area (Å²) in [5.74, 6) is 0.362. The van der Waals surface area contributed by atoms with Crippen LogP contribution < -0.4 is 5.32 Å². The van der Waals surface area contributed by atoms with Gasteiger partial charge in [0.15, 0.2) is 0 Å². The van der Waals surface area contributed by atoms with Crippen LogP contribution in [0.3, 0.4) is 0 Å². The monoisotopic (exact) mass is 336 g/mol. The van der Waals surface area contributed by atoms with Gasteiger partial charge < -0.3 is 15.4 Å². The SMILES string of the molecule is CCC[C@@H](CN1CC(c2ncc[nH]2)CC1C(=O)O)C(C)NC(C)=O. The molecule has 0 aliphatic carbocycles. The van der Waals surface area contributed by atoms with E-state index in [9.17, 15) is 14.7 Å². The lowest BCUT2D eigenvalue weighted by Crippen LogP contribution is -2.45. The van der Waals surface area contributed by atoms with Crippen molar-refractivity contribution >= 4 is 11.9 Å². The molecule has 2 rings (SSSR count). The zero-order chi connectivity index (χ0) is 17.7. The first-order valence-electron chi connectivity index (χ1n) is 8.65. The molecule has 1 saturated heterocycles. The highest BCUT2D eigenvalue weighted by atomic mass is 16.4. The van der Waals surface area contributed by atoms with Crippen LogP contribution in [0.5, 0.6) is 0 Å². The van der Waals surface area contributed by atoms with E-state index in [-0.39, 0.29) is 23.8 Å². The van der Waals surface area contributed by atoms with Gasteiger partial charge in [-0.15, -0.1) is 0 Å². The third-order valence-electron chi connectivity index (χ3n) is 4.86. The second-order valence-electron chi connectivity index (χ2n) is 6.75. The lowest BCUT2D eigenvalue weighted by Gasteiger charge is -2.30. The molecule has 1 aliphatic heterocycles. The van der Waals surface area contributed by atoms with E-state index in [1.165, 1.54) is 6.92 Å². The first-order valence-corrected chi connectivity index (χ1v) is 8.65. The summed E-state index contributed by atoms with van der Waals surface area (Å²) in [6, 6.07) is -0.469. The normalized spacial score (nSPS) is 23.8. The molecule has 1 fully saturated rings. The summed E-state index contributed by atoms with van der Waals surface area (Å²) in [5, 5.41) is 12.5. The zero-order valence-electron chi connectivity index (χ0n) is 14.7. The van der Waals surface area contributed by atoms with Gasteiger partial charge in [0.1, 0.15) is 11.9 Å². The predicted octanol–water partition coefficient (Wildman–Crippen LogP) is 1.59. The van der Waals surface area contributed by atoms with E-state index >= 15 is 0 Å². The summed E-state index contributed by atoms with van der Waals surface area (Å²) >= 11 is 0. The Bertz CT molecular complexity index is 546. The van der Waals surface area contributed by atoms with Gasteiger partial charge in [-0.1, -0.05) is 13.3 Å². The molecule has 1 aliphatic rings. The fraction of sp³-hybridized carbons (Fsp3) is 0.706. The minimum atomic E-state index is -0.786. The summed E-state index contributed by atoms with van der Waals surface area (Å²) in [6.07, 6.45) is 5.99. The number of likely N-dealkylation sites (tertiary alicyclic amines) is 1. The van der Waals surface area contributed by atoms with Crippen LogP contribution in [0.1, 0.15) is 51.8 Å². The Morgan fingerprint density at radius 2 is 2.29 bits per heavy atom. The lowest BCUT2D eigenvalue weighted by atomic mass is 9.95. The largest absolute Gasteiger partial charge is 0.480 e. The minimum Gasteiger partial charge on any atom is -0.480 e. The van der Waals surface area contributed by atoms with Crippen molar-refractivity contribution in [1.82, 2.24) is 20.2 Å². The van der Waals surface area contributed by atoms with Gasteiger partial charge in [0, 0.05) is 44.4 Å². The van der Waals surface area contributed by atoms with E-state index in [4.69, 9.17) is 0 Å². The molecular formula is C17H28N4O3. The number of aromatic amines is 1. The average Bonchev–Trinajstić information content (AvgIpc) is 3.15. The Hall–Kier alpha value is -1.89. The molecule has 1 aromatic heterocycles. The minimum absolute atomic E-state index is 0.0274. The molecule has 0 radical (unpaired) electrons. The maximum atomic E-state index is 11.7. The summed E-state index contributed by atoms with van der Waals surface area (Å²) < 4.78 is 0. The van der Waals surface area contributed by atoms with Crippen LogP contribution in [0.25, 0.3) is 0 Å². The standard InChI is InChI=1S/C17H28N4O3/c1-4-5-13(11(2)20-12(3)22)9-21-10-14(8-15(21)17(23)24)16-18-6-7-19-16/h6-7,11,13-15H,4-5,8-10H2,1-3H3,(H,18,19)(H,20,22)(H,23,24)/t11?,13-,14?,15?/m0/s1. The van der Waals surface area contributed by atoms with Crippen molar-refractivity contribution in [2.75, 3.05) is 13.1 Å². The maximum absolute atomic E-state index is 11.7. The number of aromatic nitrogens is 2. The number of hydrogen-bond acceptors (Lipinski definition) is 4. The van der Waals surface area contributed by atoms with E-state index in [1.54, 1.807) is 12.4 Å². The molecule has 4 atom stereocenters. The molecule has 7 nitrogen and oxygen atoms in total. The van der Waals surface area contributed by atoms with E-state index < -0.39 is 12.0 Å². The molecule has 24 heavy (non-hydrogen) atoms. The Kier molecular flexibility index (Phi) is 6.36. The fourth-order valence-electron chi connectivity index (χ4n) is 3.67. The molecule has 7 heteroatoms. The molecule has 1 aromatic rings. The van der Waals surface area contributed by atoms with Crippen molar-refractivity contribution in [2.24, 2.45) is 5.92 Å². The van der Waals surface area contributed by atoms with E-state index in [0.29, 0.717) is 19.5 Å². The van der Waals surface area contributed by atoms with Crippen molar-refractivity contribution in [3.05, 3.63) is 18.2 Å². The Morgan fingerprint density at radius 3 is 2.83 bits per heavy atom. The number of nitrogens with one attached hydrogen (secondary N) is 2. The van der Waals surface area contributed by atoms with Crippen LogP contribution in [0, 0.1) is 5.92 Å². The molecule has 1 amide bonds. The number of amides is 1. The summed E-state index contributed by atoms with van der Waals surface area (Å²) in [5.41, 5.74) is 0. The van der Waals surface area contributed by atoms with Crippen LogP contribution in [-0.2, 0) is 9.59 Å². The fourth-order valence-corrected chi connectivity index (χ4v) is 3.67. The lowest BCUT2D eigenvalue weighted by molar-refractivity contribution is -0.142. The van der Waals surface area contributed by atoms with Crippen LogP contribution >= 0.6 is 0 Å². The summed E-state index contributed by atoms with van der Waals surface area (Å²) in [6.45, 7) is 6.97. The third kappa shape index (κ3) is 4.56. The van der Waals surface area contributed by atoms with Gasteiger partial charge in [-0.25, -0.2) is 4.98 Å². The molecule has 134 valence electrons. The second kappa shape index (κ2) is 8.28. The predicted molar refractivity (Wildman–Crippen MR) is 90.6 cm³/mol. The third-order valence-corrected chi connectivity index (χ3v) is 4.86. The number of hydrogen-bond donors (Lipinski definition) is 3. The molecule has 3 N–H and O–H groups in total. The molecule has 0 aromatic carbocycles. The summed E-state index contributed by atoms with van der Waals surface area (Å²) in [7, 11) is 0. The molecule has 0 spiro atoms. The molecule has 3 unspecified atom stereocenters. The van der Waals surface area contributed by atoms with Gasteiger partial charge in [-0.2, -0.15) is 0 Å². The quantitative estimate of drug-likeness (QED) is 0.670. The number of imidazole rings is 1. The van der Waals surface area contributed by atoms with Crippen LogP contribution in [0.4, 0.5) is 0 Å². The highest BCUT2D eigenvalue weighted by Crippen LogP contribution is 2.31. The van der Waals surface area contributed by atoms with Gasteiger partial charge in [0.25, 0.3) is 0 Å². The second-order valence-corrected chi connectivity index (χ2v) is 6.75. The van der Waals surface area contributed by atoms with Crippen molar-refractivity contribution in [2.45, 2.75) is 58.0 Å². The number of H-pyrrole nitrogens is 1. The Balaban J connectivity index is 2.08. The first-order chi connectivity index (χ1) is 11.4. The maximum Gasteiger partial charge on any atom is 0.320 e. The number of carboxylic acid groups (broad SMARTS) is 1. The summed E-state index contributed by atoms with van der Waals surface area (Å²) in [4.78, 5) is 32.4. The van der Waals surface area contributed by atoms with Gasteiger partial charge in [0.05, 0.1) is 0 Å². The number of carbonyl (C=O) groups is 2. The highest BCUT2D eigenvalue weighted by Gasteiger charge is 2.39. The molecular weight excluding hydrogens is 308 g/mol. The van der Waals surface area contributed by atoms with Gasteiger partial charge >= 0.3 is 5.97 Å². The number of nitrogens with zero attached hydrogens (tertiary/aromatic N) is 2.